The Bertz CT molecular complexity index is 374. The van der Waals surface area contributed by atoms with Crippen LogP contribution in [0.2, 0.25) is 5.02 Å². The summed E-state index contributed by atoms with van der Waals surface area (Å²) in [5.74, 6) is 1.27. The first kappa shape index (κ1) is 14.2. The molecule has 0 aliphatic carbocycles. The second-order valence-electron chi connectivity index (χ2n) is 4.68. The maximum absolute atomic E-state index is 6.34. The van der Waals surface area contributed by atoms with Crippen molar-refractivity contribution in [3.63, 3.8) is 0 Å². The zero-order chi connectivity index (χ0) is 13.0. The molecule has 2 atom stereocenters. The van der Waals surface area contributed by atoms with Crippen molar-refractivity contribution in [1.29, 1.82) is 0 Å². The highest BCUT2D eigenvalue weighted by Crippen LogP contribution is 2.38. The highest BCUT2D eigenvalue weighted by atomic mass is 35.5. The molecule has 1 aliphatic rings. The fraction of sp³-hybridized carbons (Fsp3) is 0.769. The number of rotatable bonds is 6. The first-order valence-electron chi connectivity index (χ1n) is 6.84. The highest BCUT2D eigenvalue weighted by molar-refractivity contribution is 8.00. The number of aryl methyl sites for hydroxylation is 1. The normalized spacial score (nSPS) is 21.4. The third kappa shape index (κ3) is 3.03. The fourth-order valence-corrected chi connectivity index (χ4v) is 4.15. The second kappa shape index (κ2) is 6.83. The van der Waals surface area contributed by atoms with E-state index in [0.717, 1.165) is 24.5 Å². The van der Waals surface area contributed by atoms with Crippen LogP contribution < -0.4 is 5.32 Å². The topological polar surface area (TPSA) is 29.9 Å². The van der Waals surface area contributed by atoms with Gasteiger partial charge >= 0.3 is 0 Å². The largest absolute Gasteiger partial charge is 0.308 e. The lowest BCUT2D eigenvalue weighted by Gasteiger charge is -2.25. The van der Waals surface area contributed by atoms with Crippen molar-refractivity contribution in [2.75, 3.05) is 12.3 Å². The Kier molecular flexibility index (Phi) is 5.39. The SMILES string of the molecule is CCCNC(c1c(Cl)cnn1CC)C1CCCS1. The molecule has 2 heterocycles. The number of aromatic nitrogens is 2. The van der Waals surface area contributed by atoms with Crippen molar-refractivity contribution in [2.45, 2.75) is 50.9 Å². The maximum Gasteiger partial charge on any atom is 0.0834 e. The molecule has 1 saturated heterocycles. The van der Waals surface area contributed by atoms with Gasteiger partial charge in [0.15, 0.2) is 0 Å². The lowest BCUT2D eigenvalue weighted by Crippen LogP contribution is -2.32. The van der Waals surface area contributed by atoms with Crippen LogP contribution in [0.25, 0.3) is 0 Å². The number of hydrogen-bond acceptors (Lipinski definition) is 3. The lowest BCUT2D eigenvalue weighted by molar-refractivity contribution is 0.461. The molecule has 5 heteroatoms. The minimum Gasteiger partial charge on any atom is -0.308 e. The Hall–Kier alpha value is -0.190. The molecule has 102 valence electrons. The van der Waals surface area contributed by atoms with Crippen molar-refractivity contribution >= 4 is 23.4 Å². The van der Waals surface area contributed by atoms with Crippen LogP contribution in [0, 0.1) is 0 Å². The monoisotopic (exact) mass is 287 g/mol. The summed E-state index contributed by atoms with van der Waals surface area (Å²) in [6.07, 6.45) is 5.52. The van der Waals surface area contributed by atoms with E-state index in [1.807, 2.05) is 4.68 Å². The van der Waals surface area contributed by atoms with E-state index in [2.05, 4.69) is 36.0 Å². The molecule has 1 aromatic rings. The molecule has 1 fully saturated rings. The number of nitrogens with zero attached hydrogens (tertiary/aromatic N) is 2. The number of hydrogen-bond donors (Lipinski definition) is 1. The van der Waals surface area contributed by atoms with Gasteiger partial charge in [-0.05, 0) is 38.5 Å². The van der Waals surface area contributed by atoms with Crippen LogP contribution in [-0.2, 0) is 6.54 Å². The second-order valence-corrected chi connectivity index (χ2v) is 6.43. The molecule has 3 nitrogen and oxygen atoms in total. The predicted octanol–water partition coefficient (Wildman–Crippen LogP) is 3.49. The summed E-state index contributed by atoms with van der Waals surface area (Å²) in [6, 6.07) is 0.340. The number of nitrogens with one attached hydrogen (secondary N) is 1. The van der Waals surface area contributed by atoms with Gasteiger partial charge in [0.25, 0.3) is 0 Å². The lowest BCUT2D eigenvalue weighted by atomic mass is 10.1. The maximum atomic E-state index is 6.34. The molecule has 18 heavy (non-hydrogen) atoms. The van der Waals surface area contributed by atoms with E-state index in [0.29, 0.717) is 11.3 Å². The fourth-order valence-electron chi connectivity index (χ4n) is 2.50. The Morgan fingerprint density at radius 1 is 1.61 bits per heavy atom. The van der Waals surface area contributed by atoms with Gasteiger partial charge in [0.2, 0.25) is 0 Å². The summed E-state index contributed by atoms with van der Waals surface area (Å²) in [7, 11) is 0. The van der Waals surface area contributed by atoms with Crippen LogP contribution in [0.1, 0.15) is 44.8 Å². The van der Waals surface area contributed by atoms with Gasteiger partial charge < -0.3 is 5.32 Å². The first-order chi connectivity index (χ1) is 8.77. The van der Waals surface area contributed by atoms with Gasteiger partial charge in [-0.25, -0.2) is 0 Å². The Morgan fingerprint density at radius 2 is 2.44 bits per heavy atom. The smallest absolute Gasteiger partial charge is 0.0834 e. The molecule has 0 saturated carbocycles. The van der Waals surface area contributed by atoms with Crippen LogP contribution in [0.15, 0.2) is 6.20 Å². The van der Waals surface area contributed by atoms with Gasteiger partial charge in [0, 0.05) is 11.8 Å². The standard InChI is InChI=1S/C13H22ClN3S/c1-3-7-15-12(11-6-5-8-18-11)13-10(14)9-16-17(13)4-2/h9,11-12,15H,3-8H2,1-2H3. The molecule has 0 spiro atoms. The summed E-state index contributed by atoms with van der Waals surface area (Å²) in [5.41, 5.74) is 1.17. The van der Waals surface area contributed by atoms with Crippen LogP contribution in [0.5, 0.6) is 0 Å². The minimum absolute atomic E-state index is 0.340. The van der Waals surface area contributed by atoms with E-state index in [4.69, 9.17) is 11.6 Å². The van der Waals surface area contributed by atoms with Gasteiger partial charge in [-0.15, -0.1) is 0 Å². The zero-order valence-electron chi connectivity index (χ0n) is 11.2. The highest BCUT2D eigenvalue weighted by Gasteiger charge is 2.30. The summed E-state index contributed by atoms with van der Waals surface area (Å²) in [4.78, 5) is 0. The van der Waals surface area contributed by atoms with E-state index in [1.54, 1.807) is 6.20 Å². The van der Waals surface area contributed by atoms with E-state index in [1.165, 1.54) is 24.3 Å². The molecule has 1 aliphatic heterocycles. The van der Waals surface area contributed by atoms with Crippen molar-refractivity contribution in [2.24, 2.45) is 0 Å². The summed E-state index contributed by atoms with van der Waals surface area (Å²) >= 11 is 8.41. The molecule has 0 amide bonds. The Morgan fingerprint density at radius 3 is 3.06 bits per heavy atom. The predicted molar refractivity (Wildman–Crippen MR) is 79.4 cm³/mol. The molecule has 1 N–H and O–H groups in total. The summed E-state index contributed by atoms with van der Waals surface area (Å²) < 4.78 is 2.04. The van der Waals surface area contributed by atoms with E-state index in [9.17, 15) is 0 Å². The van der Waals surface area contributed by atoms with Gasteiger partial charge in [-0.1, -0.05) is 18.5 Å². The third-order valence-electron chi connectivity index (χ3n) is 3.38. The summed E-state index contributed by atoms with van der Waals surface area (Å²) in [6.45, 7) is 6.23. The Labute approximate surface area is 119 Å². The average Bonchev–Trinajstić information content (AvgIpc) is 3.01. The van der Waals surface area contributed by atoms with Crippen LogP contribution >= 0.6 is 23.4 Å². The Balaban J connectivity index is 2.23. The quantitative estimate of drug-likeness (QED) is 0.868. The van der Waals surface area contributed by atoms with E-state index in [-0.39, 0.29) is 0 Å². The number of halogens is 1. The van der Waals surface area contributed by atoms with Crippen molar-refractivity contribution in [1.82, 2.24) is 15.1 Å². The van der Waals surface area contributed by atoms with Crippen LogP contribution in [0.3, 0.4) is 0 Å². The van der Waals surface area contributed by atoms with Crippen LogP contribution in [-0.4, -0.2) is 27.3 Å². The average molecular weight is 288 g/mol. The third-order valence-corrected chi connectivity index (χ3v) is 5.13. The van der Waals surface area contributed by atoms with Gasteiger partial charge in [-0.2, -0.15) is 16.9 Å². The van der Waals surface area contributed by atoms with Gasteiger partial charge in [0.1, 0.15) is 0 Å². The summed E-state index contributed by atoms with van der Waals surface area (Å²) in [5, 5.41) is 9.47. The first-order valence-corrected chi connectivity index (χ1v) is 8.26. The van der Waals surface area contributed by atoms with Crippen LogP contribution in [0.4, 0.5) is 0 Å². The molecular weight excluding hydrogens is 266 g/mol. The molecule has 2 unspecified atom stereocenters. The van der Waals surface area contributed by atoms with E-state index >= 15 is 0 Å². The molecule has 0 radical (unpaired) electrons. The van der Waals surface area contributed by atoms with E-state index < -0.39 is 0 Å². The number of thioether (sulfide) groups is 1. The van der Waals surface area contributed by atoms with Crippen molar-refractivity contribution in [3.8, 4) is 0 Å². The molecule has 1 aromatic heterocycles. The van der Waals surface area contributed by atoms with Crippen molar-refractivity contribution < 1.29 is 0 Å². The minimum atomic E-state index is 0.340. The molecule has 2 rings (SSSR count). The zero-order valence-corrected chi connectivity index (χ0v) is 12.7. The molecule has 0 aromatic carbocycles. The molecule has 0 bridgehead atoms. The van der Waals surface area contributed by atoms with Gasteiger partial charge in [0.05, 0.1) is 23.0 Å². The van der Waals surface area contributed by atoms with Gasteiger partial charge in [-0.3, -0.25) is 4.68 Å². The molecular formula is C13H22ClN3S. The van der Waals surface area contributed by atoms with Crippen molar-refractivity contribution in [3.05, 3.63) is 16.9 Å².